The quantitative estimate of drug-likeness (QED) is 0.840. The molecule has 5 heteroatoms. The lowest BCUT2D eigenvalue weighted by Crippen LogP contribution is -2.10. The molecule has 0 unspecified atom stereocenters. The number of hydrogen-bond donors (Lipinski definition) is 2. The first-order chi connectivity index (χ1) is 10.1. The molecule has 0 amide bonds. The standard InChI is InChI=1S/C16H21ClN4/c1-4-9-18-15-11(2)16(21-12(3)20-15)19-10-13-7-5-6-8-14(13)17/h5-8H,4,9-10H2,1-3H3,(H2,18,19,20,21). The van der Waals surface area contributed by atoms with Gasteiger partial charge < -0.3 is 10.6 Å². The Balaban J connectivity index is 2.16. The molecule has 2 aromatic rings. The van der Waals surface area contributed by atoms with Crippen molar-refractivity contribution >= 4 is 23.2 Å². The molecule has 4 nitrogen and oxygen atoms in total. The Kier molecular flexibility index (Phi) is 5.39. The van der Waals surface area contributed by atoms with Gasteiger partial charge in [0.25, 0.3) is 0 Å². The van der Waals surface area contributed by atoms with E-state index in [-0.39, 0.29) is 0 Å². The van der Waals surface area contributed by atoms with Crippen LogP contribution in [0.25, 0.3) is 0 Å². The highest BCUT2D eigenvalue weighted by atomic mass is 35.5. The van der Waals surface area contributed by atoms with Gasteiger partial charge in [-0.15, -0.1) is 0 Å². The van der Waals surface area contributed by atoms with Gasteiger partial charge in [0, 0.05) is 23.7 Å². The fourth-order valence-corrected chi connectivity index (χ4v) is 2.24. The van der Waals surface area contributed by atoms with Crippen molar-refractivity contribution in [2.75, 3.05) is 17.2 Å². The minimum atomic E-state index is 0.643. The fourth-order valence-electron chi connectivity index (χ4n) is 2.04. The number of nitrogens with zero attached hydrogens (tertiary/aromatic N) is 2. The Morgan fingerprint density at radius 1 is 1.05 bits per heavy atom. The third-order valence-electron chi connectivity index (χ3n) is 3.20. The maximum absolute atomic E-state index is 6.18. The van der Waals surface area contributed by atoms with Crippen molar-refractivity contribution in [2.24, 2.45) is 0 Å². The third-order valence-corrected chi connectivity index (χ3v) is 3.57. The molecular formula is C16H21ClN4. The zero-order valence-corrected chi connectivity index (χ0v) is 13.5. The molecule has 0 atom stereocenters. The first-order valence-corrected chi connectivity index (χ1v) is 7.56. The van der Waals surface area contributed by atoms with Crippen LogP contribution in [-0.4, -0.2) is 16.5 Å². The van der Waals surface area contributed by atoms with Crippen LogP contribution < -0.4 is 10.6 Å². The summed E-state index contributed by atoms with van der Waals surface area (Å²) in [5.41, 5.74) is 2.08. The fraction of sp³-hybridized carbons (Fsp3) is 0.375. The molecule has 2 rings (SSSR count). The highest BCUT2D eigenvalue weighted by Gasteiger charge is 2.09. The van der Waals surface area contributed by atoms with E-state index in [1.54, 1.807) is 0 Å². The van der Waals surface area contributed by atoms with Gasteiger partial charge in [0.2, 0.25) is 0 Å². The molecule has 1 heterocycles. The average Bonchev–Trinajstić information content (AvgIpc) is 2.47. The maximum atomic E-state index is 6.18. The second kappa shape index (κ2) is 7.27. The Labute approximate surface area is 131 Å². The molecule has 0 fully saturated rings. The van der Waals surface area contributed by atoms with E-state index in [2.05, 4.69) is 27.5 Å². The predicted octanol–water partition coefficient (Wildman–Crippen LogP) is 4.18. The van der Waals surface area contributed by atoms with Crippen LogP contribution in [0.1, 0.15) is 30.3 Å². The van der Waals surface area contributed by atoms with E-state index >= 15 is 0 Å². The number of halogens is 1. The van der Waals surface area contributed by atoms with Crippen LogP contribution in [0.5, 0.6) is 0 Å². The number of anilines is 2. The molecule has 0 saturated carbocycles. The van der Waals surface area contributed by atoms with Crippen molar-refractivity contribution in [1.29, 1.82) is 0 Å². The van der Waals surface area contributed by atoms with Crippen molar-refractivity contribution in [3.63, 3.8) is 0 Å². The number of rotatable bonds is 6. The van der Waals surface area contributed by atoms with Crippen LogP contribution in [0.3, 0.4) is 0 Å². The molecule has 0 radical (unpaired) electrons. The van der Waals surface area contributed by atoms with E-state index in [4.69, 9.17) is 11.6 Å². The highest BCUT2D eigenvalue weighted by Crippen LogP contribution is 2.22. The van der Waals surface area contributed by atoms with Gasteiger partial charge in [0.05, 0.1) is 0 Å². The van der Waals surface area contributed by atoms with Crippen LogP contribution in [0, 0.1) is 13.8 Å². The number of nitrogens with one attached hydrogen (secondary N) is 2. The van der Waals surface area contributed by atoms with Crippen molar-refractivity contribution in [1.82, 2.24) is 9.97 Å². The molecule has 0 aliphatic carbocycles. The molecule has 112 valence electrons. The Morgan fingerprint density at radius 2 is 1.71 bits per heavy atom. The Bertz CT molecular complexity index is 613. The lowest BCUT2D eigenvalue weighted by molar-refractivity contribution is 0.942. The summed E-state index contributed by atoms with van der Waals surface area (Å²) in [4.78, 5) is 8.94. The maximum Gasteiger partial charge on any atom is 0.135 e. The van der Waals surface area contributed by atoms with E-state index in [0.717, 1.165) is 46.6 Å². The first kappa shape index (κ1) is 15.6. The molecule has 1 aromatic carbocycles. The summed E-state index contributed by atoms with van der Waals surface area (Å²) in [6.45, 7) is 7.60. The normalized spacial score (nSPS) is 10.5. The number of hydrogen-bond acceptors (Lipinski definition) is 4. The minimum Gasteiger partial charge on any atom is -0.370 e. The summed E-state index contributed by atoms with van der Waals surface area (Å²) in [7, 11) is 0. The zero-order valence-electron chi connectivity index (χ0n) is 12.7. The topological polar surface area (TPSA) is 49.8 Å². The van der Waals surface area contributed by atoms with E-state index in [1.165, 1.54) is 0 Å². The summed E-state index contributed by atoms with van der Waals surface area (Å²) >= 11 is 6.18. The van der Waals surface area contributed by atoms with Crippen LogP contribution in [-0.2, 0) is 6.54 Å². The summed E-state index contributed by atoms with van der Waals surface area (Å²) in [5, 5.41) is 7.45. The first-order valence-electron chi connectivity index (χ1n) is 7.18. The van der Waals surface area contributed by atoms with Crippen molar-refractivity contribution in [3.8, 4) is 0 Å². The van der Waals surface area contributed by atoms with Crippen LogP contribution >= 0.6 is 11.6 Å². The predicted molar refractivity (Wildman–Crippen MR) is 89.1 cm³/mol. The van der Waals surface area contributed by atoms with Crippen molar-refractivity contribution in [3.05, 3.63) is 46.2 Å². The molecule has 2 N–H and O–H groups in total. The number of aromatic nitrogens is 2. The van der Waals surface area contributed by atoms with E-state index in [9.17, 15) is 0 Å². The van der Waals surface area contributed by atoms with E-state index in [0.29, 0.717) is 6.54 Å². The van der Waals surface area contributed by atoms with Gasteiger partial charge in [0.15, 0.2) is 0 Å². The SMILES string of the molecule is CCCNc1nc(C)nc(NCc2ccccc2Cl)c1C. The lowest BCUT2D eigenvalue weighted by atomic mass is 10.2. The second-order valence-corrected chi connectivity index (χ2v) is 5.37. The molecule has 0 saturated heterocycles. The Hall–Kier alpha value is -1.81. The highest BCUT2D eigenvalue weighted by molar-refractivity contribution is 6.31. The second-order valence-electron chi connectivity index (χ2n) is 4.96. The van der Waals surface area contributed by atoms with Gasteiger partial charge >= 0.3 is 0 Å². The molecule has 21 heavy (non-hydrogen) atoms. The van der Waals surface area contributed by atoms with E-state index < -0.39 is 0 Å². The molecule has 1 aromatic heterocycles. The molecular weight excluding hydrogens is 284 g/mol. The van der Waals surface area contributed by atoms with Crippen molar-refractivity contribution < 1.29 is 0 Å². The van der Waals surface area contributed by atoms with Crippen LogP contribution in [0.2, 0.25) is 5.02 Å². The summed E-state index contributed by atoms with van der Waals surface area (Å²) in [6, 6.07) is 7.81. The monoisotopic (exact) mass is 304 g/mol. The smallest absolute Gasteiger partial charge is 0.135 e. The molecule has 0 aliphatic heterocycles. The summed E-state index contributed by atoms with van der Waals surface area (Å²) < 4.78 is 0. The van der Waals surface area contributed by atoms with Gasteiger partial charge in [-0.1, -0.05) is 36.7 Å². The zero-order chi connectivity index (χ0) is 15.2. The summed E-state index contributed by atoms with van der Waals surface area (Å²) in [6.07, 6.45) is 1.06. The van der Waals surface area contributed by atoms with Gasteiger partial charge in [-0.05, 0) is 31.9 Å². The number of benzene rings is 1. The third kappa shape index (κ3) is 4.08. The molecule has 0 spiro atoms. The van der Waals surface area contributed by atoms with Gasteiger partial charge in [0.1, 0.15) is 17.5 Å². The largest absolute Gasteiger partial charge is 0.370 e. The van der Waals surface area contributed by atoms with Crippen LogP contribution in [0.4, 0.5) is 11.6 Å². The van der Waals surface area contributed by atoms with E-state index in [1.807, 2.05) is 38.1 Å². The Morgan fingerprint density at radius 3 is 2.38 bits per heavy atom. The van der Waals surface area contributed by atoms with Gasteiger partial charge in [-0.3, -0.25) is 0 Å². The molecule has 0 aliphatic rings. The minimum absolute atomic E-state index is 0.643. The van der Waals surface area contributed by atoms with Crippen LogP contribution in [0.15, 0.2) is 24.3 Å². The summed E-state index contributed by atoms with van der Waals surface area (Å²) in [5.74, 6) is 2.49. The molecule has 0 bridgehead atoms. The lowest BCUT2D eigenvalue weighted by Gasteiger charge is -2.14. The number of aryl methyl sites for hydroxylation is 1. The van der Waals surface area contributed by atoms with Gasteiger partial charge in [-0.25, -0.2) is 9.97 Å². The van der Waals surface area contributed by atoms with Gasteiger partial charge in [-0.2, -0.15) is 0 Å². The van der Waals surface area contributed by atoms with Crippen molar-refractivity contribution in [2.45, 2.75) is 33.7 Å². The average molecular weight is 305 g/mol.